The molecule has 0 unspecified atom stereocenters. The van der Waals surface area contributed by atoms with Crippen LogP contribution in [0.3, 0.4) is 0 Å². The molecule has 0 bridgehead atoms. The fraction of sp³-hybridized carbons (Fsp3) is 0.667. The summed E-state index contributed by atoms with van der Waals surface area (Å²) >= 11 is 0. The molecule has 0 saturated heterocycles. The minimum atomic E-state index is -0.583. The number of rotatable bonds is 2. The summed E-state index contributed by atoms with van der Waals surface area (Å²) < 4.78 is 9.37. The zero-order valence-corrected chi connectivity index (χ0v) is 6.79. The summed E-state index contributed by atoms with van der Waals surface area (Å²) in [5, 5.41) is 3.62. The van der Waals surface area contributed by atoms with E-state index < -0.39 is 5.54 Å². The van der Waals surface area contributed by atoms with Crippen molar-refractivity contribution in [1.82, 2.24) is 10.1 Å². The van der Waals surface area contributed by atoms with Crippen LogP contribution in [-0.4, -0.2) is 17.3 Å². The fourth-order valence-corrected chi connectivity index (χ4v) is 0.554. The van der Waals surface area contributed by atoms with Gasteiger partial charge in [-0.15, -0.1) is 0 Å². The lowest BCUT2D eigenvalue weighted by Crippen LogP contribution is -2.30. The van der Waals surface area contributed by atoms with E-state index in [2.05, 4.69) is 14.7 Å². The van der Waals surface area contributed by atoms with Crippen molar-refractivity contribution in [2.24, 2.45) is 5.73 Å². The van der Waals surface area contributed by atoms with Crippen LogP contribution in [0.25, 0.3) is 0 Å². The van der Waals surface area contributed by atoms with Gasteiger partial charge in [-0.3, -0.25) is 4.52 Å². The molecule has 0 fully saturated rings. The average molecular weight is 157 g/mol. The first-order valence-corrected chi connectivity index (χ1v) is 3.21. The molecule has 0 aliphatic heterocycles. The highest BCUT2D eigenvalue weighted by Gasteiger charge is 2.21. The van der Waals surface area contributed by atoms with E-state index in [4.69, 9.17) is 10.5 Å². The number of hydrogen-bond donors (Lipinski definition) is 1. The third-order valence-electron chi connectivity index (χ3n) is 1.16. The van der Waals surface area contributed by atoms with Gasteiger partial charge >= 0.3 is 6.08 Å². The predicted molar refractivity (Wildman–Crippen MR) is 38.1 cm³/mol. The van der Waals surface area contributed by atoms with Crippen molar-refractivity contribution in [3.05, 3.63) is 5.82 Å². The molecule has 0 radical (unpaired) electrons. The quantitative estimate of drug-likeness (QED) is 0.667. The molecule has 2 N–H and O–H groups in total. The summed E-state index contributed by atoms with van der Waals surface area (Å²) in [5.41, 5.74) is 5.10. The number of ether oxygens (including phenoxy) is 1. The van der Waals surface area contributed by atoms with E-state index in [1.165, 1.54) is 7.11 Å². The fourth-order valence-electron chi connectivity index (χ4n) is 0.554. The van der Waals surface area contributed by atoms with Gasteiger partial charge in [-0.2, -0.15) is 4.98 Å². The maximum absolute atomic E-state index is 5.68. The largest absolute Gasteiger partial charge is 0.452 e. The van der Waals surface area contributed by atoms with Crippen molar-refractivity contribution in [2.75, 3.05) is 7.11 Å². The molecule has 1 aromatic heterocycles. The molecule has 0 atom stereocenters. The van der Waals surface area contributed by atoms with Crippen molar-refractivity contribution in [3.63, 3.8) is 0 Å². The maximum atomic E-state index is 5.68. The smallest absolute Gasteiger partial charge is 0.417 e. The number of nitrogens with two attached hydrogens (primary N) is 1. The van der Waals surface area contributed by atoms with Crippen molar-refractivity contribution < 1.29 is 9.26 Å². The molecule has 1 aromatic rings. The highest BCUT2D eigenvalue weighted by Crippen LogP contribution is 2.15. The Labute approximate surface area is 64.5 Å². The molecule has 1 heterocycles. The monoisotopic (exact) mass is 157 g/mol. The van der Waals surface area contributed by atoms with Crippen LogP contribution in [0.15, 0.2) is 4.52 Å². The summed E-state index contributed by atoms with van der Waals surface area (Å²) in [6.45, 7) is 3.58. The lowest BCUT2D eigenvalue weighted by atomic mass is 10.1. The van der Waals surface area contributed by atoms with E-state index in [-0.39, 0.29) is 6.08 Å². The number of methoxy groups -OCH3 is 1. The van der Waals surface area contributed by atoms with E-state index in [1.54, 1.807) is 13.8 Å². The van der Waals surface area contributed by atoms with Crippen molar-refractivity contribution in [1.29, 1.82) is 0 Å². The van der Waals surface area contributed by atoms with Crippen LogP contribution in [0.4, 0.5) is 0 Å². The van der Waals surface area contributed by atoms with Gasteiger partial charge in [0.05, 0.1) is 12.6 Å². The number of aromatic nitrogens is 2. The van der Waals surface area contributed by atoms with Gasteiger partial charge in [0.25, 0.3) is 0 Å². The molecule has 1 rings (SSSR count). The Morgan fingerprint density at radius 1 is 1.55 bits per heavy atom. The highest BCUT2D eigenvalue weighted by atomic mass is 16.6. The molecular formula is C6H11N3O2. The SMILES string of the molecule is COc1nc(C(C)(C)N)no1. The van der Waals surface area contributed by atoms with Gasteiger partial charge in [-0.05, 0) is 13.8 Å². The van der Waals surface area contributed by atoms with E-state index in [0.29, 0.717) is 5.82 Å². The van der Waals surface area contributed by atoms with E-state index >= 15 is 0 Å². The van der Waals surface area contributed by atoms with Crippen molar-refractivity contribution >= 4 is 0 Å². The minimum absolute atomic E-state index is 0.138. The van der Waals surface area contributed by atoms with E-state index in [9.17, 15) is 0 Å². The zero-order chi connectivity index (χ0) is 8.48. The maximum Gasteiger partial charge on any atom is 0.417 e. The van der Waals surface area contributed by atoms with Crippen LogP contribution in [0.2, 0.25) is 0 Å². The lowest BCUT2D eigenvalue weighted by molar-refractivity contribution is 0.248. The second kappa shape index (κ2) is 2.50. The molecule has 0 saturated carbocycles. The molecule has 11 heavy (non-hydrogen) atoms. The number of nitrogens with zero attached hydrogens (tertiary/aromatic N) is 2. The van der Waals surface area contributed by atoms with Gasteiger partial charge < -0.3 is 10.5 Å². The van der Waals surface area contributed by atoms with Gasteiger partial charge in [-0.25, -0.2) is 0 Å². The second-order valence-corrected chi connectivity index (χ2v) is 2.81. The molecule has 5 nitrogen and oxygen atoms in total. The lowest BCUT2D eigenvalue weighted by Gasteiger charge is -2.10. The molecule has 0 amide bonds. The Morgan fingerprint density at radius 3 is 2.45 bits per heavy atom. The van der Waals surface area contributed by atoms with Crippen molar-refractivity contribution in [3.8, 4) is 6.08 Å². The van der Waals surface area contributed by atoms with E-state index in [1.807, 2.05) is 0 Å². The summed E-state index contributed by atoms with van der Waals surface area (Å²) in [6, 6.07) is 0. The molecular weight excluding hydrogens is 146 g/mol. The topological polar surface area (TPSA) is 74.2 Å². The normalized spacial score (nSPS) is 11.6. The highest BCUT2D eigenvalue weighted by molar-refractivity contribution is 5.00. The Kier molecular flexibility index (Phi) is 1.82. The van der Waals surface area contributed by atoms with E-state index in [0.717, 1.165) is 0 Å². The van der Waals surface area contributed by atoms with Gasteiger partial charge in [-0.1, -0.05) is 5.16 Å². The van der Waals surface area contributed by atoms with Gasteiger partial charge in [0.2, 0.25) is 0 Å². The first kappa shape index (κ1) is 8.00. The molecule has 0 aliphatic carbocycles. The van der Waals surface area contributed by atoms with Crippen LogP contribution < -0.4 is 10.5 Å². The Bertz CT molecular complexity index is 238. The summed E-state index contributed by atoms with van der Waals surface area (Å²) in [6.07, 6.45) is 0.138. The van der Waals surface area contributed by atoms with Crippen LogP contribution in [0.1, 0.15) is 19.7 Å². The van der Waals surface area contributed by atoms with Crippen molar-refractivity contribution in [2.45, 2.75) is 19.4 Å². The summed E-state index contributed by atoms with van der Waals surface area (Å²) in [4.78, 5) is 3.88. The Hall–Kier alpha value is -1.10. The molecule has 0 aromatic carbocycles. The third kappa shape index (κ3) is 1.68. The first-order valence-electron chi connectivity index (χ1n) is 3.21. The number of hydrogen-bond acceptors (Lipinski definition) is 5. The minimum Gasteiger partial charge on any atom is -0.452 e. The molecule has 0 spiro atoms. The second-order valence-electron chi connectivity index (χ2n) is 2.81. The zero-order valence-electron chi connectivity index (χ0n) is 6.79. The Morgan fingerprint density at radius 2 is 2.18 bits per heavy atom. The van der Waals surface area contributed by atoms with Crippen LogP contribution in [0, 0.1) is 0 Å². The molecule has 62 valence electrons. The van der Waals surface area contributed by atoms with Gasteiger partial charge in [0.15, 0.2) is 5.82 Å². The third-order valence-corrected chi connectivity index (χ3v) is 1.16. The van der Waals surface area contributed by atoms with Crippen LogP contribution in [0.5, 0.6) is 6.08 Å². The summed E-state index contributed by atoms with van der Waals surface area (Å²) in [7, 11) is 1.46. The predicted octanol–water partition coefficient (Wildman–Crippen LogP) is 0.272. The first-order chi connectivity index (χ1) is 5.04. The van der Waals surface area contributed by atoms with Gasteiger partial charge in [0, 0.05) is 0 Å². The standard InChI is InChI=1S/C6H11N3O2/c1-6(2,7)4-8-5(10-3)11-9-4/h7H2,1-3H3. The van der Waals surface area contributed by atoms with Gasteiger partial charge in [0.1, 0.15) is 0 Å². The molecule has 5 heteroatoms. The molecule has 0 aliphatic rings. The van der Waals surface area contributed by atoms with Crippen LogP contribution >= 0.6 is 0 Å². The Balaban J connectivity index is 2.89. The average Bonchev–Trinajstić information content (AvgIpc) is 2.32. The van der Waals surface area contributed by atoms with Crippen LogP contribution in [-0.2, 0) is 5.54 Å². The summed E-state index contributed by atoms with van der Waals surface area (Å²) in [5.74, 6) is 0.439.